The fourth-order valence-corrected chi connectivity index (χ4v) is 6.06. The lowest BCUT2D eigenvalue weighted by molar-refractivity contribution is -0.143. The van der Waals surface area contributed by atoms with Crippen molar-refractivity contribution in [2.75, 3.05) is 5.32 Å². The van der Waals surface area contributed by atoms with E-state index >= 15 is 0 Å². The van der Waals surface area contributed by atoms with E-state index in [1.807, 2.05) is 6.92 Å². The van der Waals surface area contributed by atoms with Crippen LogP contribution in [0.3, 0.4) is 0 Å². The van der Waals surface area contributed by atoms with Gasteiger partial charge in [-0.1, -0.05) is 41.4 Å². The average Bonchev–Trinajstić information content (AvgIpc) is 3.35. The number of carbonyl (C=O) groups is 4. The first-order valence-electron chi connectivity index (χ1n) is 10.9. The summed E-state index contributed by atoms with van der Waals surface area (Å²) in [4.78, 5) is 53.6. The fraction of sp³-hybridized carbons (Fsp3) is 0.333. The highest BCUT2D eigenvalue weighted by atomic mass is 35.5. The lowest BCUT2D eigenvalue weighted by atomic mass is 9.76. The van der Waals surface area contributed by atoms with Crippen LogP contribution in [0.5, 0.6) is 0 Å². The van der Waals surface area contributed by atoms with Gasteiger partial charge in [-0.3, -0.25) is 29.4 Å². The smallest absolute Gasteiger partial charge is 0.250 e. The van der Waals surface area contributed by atoms with Gasteiger partial charge in [0.05, 0.1) is 18.4 Å². The predicted molar refractivity (Wildman–Crippen MR) is 126 cm³/mol. The van der Waals surface area contributed by atoms with Crippen LogP contribution in [-0.2, 0) is 31.3 Å². The van der Waals surface area contributed by atoms with Crippen LogP contribution in [0.2, 0.25) is 10.0 Å². The SMILES string of the molecule is Cc1cc(Cl)cc2c1NC(=O)[C@]21N[C@@H](CCC(N)=O)[C@H]2C(=O)N(Cc3ccccc3Cl)C(=O)[C@H]21. The summed E-state index contributed by atoms with van der Waals surface area (Å²) in [6.45, 7) is 1.80. The van der Waals surface area contributed by atoms with E-state index in [1.54, 1.807) is 36.4 Å². The van der Waals surface area contributed by atoms with Gasteiger partial charge in [-0.05, 0) is 42.7 Å². The number of hydrogen-bond acceptors (Lipinski definition) is 5. The lowest BCUT2D eigenvalue weighted by Gasteiger charge is -2.29. The second-order valence-corrected chi connectivity index (χ2v) is 9.86. The summed E-state index contributed by atoms with van der Waals surface area (Å²) in [7, 11) is 0. The summed E-state index contributed by atoms with van der Waals surface area (Å²) in [5.74, 6) is -3.67. The van der Waals surface area contributed by atoms with Crippen molar-refractivity contribution in [2.45, 2.75) is 37.9 Å². The van der Waals surface area contributed by atoms with E-state index in [1.165, 1.54) is 4.90 Å². The van der Waals surface area contributed by atoms with E-state index < -0.39 is 47.0 Å². The summed E-state index contributed by atoms with van der Waals surface area (Å²) in [5, 5.41) is 6.99. The number of fused-ring (bicyclic) bond motifs is 4. The highest BCUT2D eigenvalue weighted by molar-refractivity contribution is 6.31. The predicted octanol–water partition coefficient (Wildman–Crippen LogP) is 2.49. The van der Waals surface area contributed by atoms with Crippen molar-refractivity contribution in [3.05, 3.63) is 63.1 Å². The first kappa shape index (κ1) is 22.8. The molecule has 2 aromatic carbocycles. The summed E-state index contributed by atoms with van der Waals surface area (Å²) >= 11 is 12.6. The van der Waals surface area contributed by atoms with Crippen LogP contribution in [0.25, 0.3) is 0 Å². The van der Waals surface area contributed by atoms with E-state index in [9.17, 15) is 19.2 Å². The van der Waals surface area contributed by atoms with Crippen molar-refractivity contribution in [3.8, 4) is 0 Å². The molecular weight excluding hydrogens is 479 g/mol. The number of aryl methyl sites for hydroxylation is 1. The zero-order chi connectivity index (χ0) is 24.4. The molecule has 0 radical (unpaired) electrons. The van der Waals surface area contributed by atoms with Gasteiger partial charge < -0.3 is 11.1 Å². The van der Waals surface area contributed by atoms with Crippen molar-refractivity contribution in [1.29, 1.82) is 0 Å². The Morgan fingerprint density at radius 2 is 1.88 bits per heavy atom. The molecule has 3 aliphatic rings. The number of likely N-dealkylation sites (tertiary alicyclic amines) is 1. The van der Waals surface area contributed by atoms with Crippen LogP contribution in [0.15, 0.2) is 36.4 Å². The zero-order valence-electron chi connectivity index (χ0n) is 18.2. The molecule has 10 heteroatoms. The van der Waals surface area contributed by atoms with Crippen molar-refractivity contribution >= 4 is 52.5 Å². The molecule has 5 rings (SSSR count). The molecule has 34 heavy (non-hydrogen) atoms. The lowest BCUT2D eigenvalue weighted by Crippen LogP contribution is -2.53. The third kappa shape index (κ3) is 3.24. The number of rotatable bonds is 5. The van der Waals surface area contributed by atoms with Crippen molar-refractivity contribution in [3.63, 3.8) is 0 Å². The second kappa shape index (κ2) is 8.08. The number of anilines is 1. The van der Waals surface area contributed by atoms with E-state index in [-0.39, 0.29) is 19.4 Å². The number of imide groups is 1. The number of nitrogens with two attached hydrogens (primary N) is 1. The van der Waals surface area contributed by atoms with Crippen molar-refractivity contribution in [1.82, 2.24) is 10.2 Å². The minimum atomic E-state index is -1.49. The third-order valence-corrected chi connectivity index (χ3v) is 7.65. The maximum atomic E-state index is 13.8. The number of carbonyl (C=O) groups excluding carboxylic acids is 4. The average molecular weight is 501 g/mol. The third-order valence-electron chi connectivity index (χ3n) is 7.07. The Balaban J connectivity index is 1.62. The molecular formula is C24H22Cl2N4O4. The number of benzene rings is 2. The van der Waals surface area contributed by atoms with Crippen LogP contribution >= 0.6 is 23.2 Å². The Labute approximate surface area is 205 Å². The number of nitrogens with one attached hydrogen (secondary N) is 2. The van der Waals surface area contributed by atoms with Crippen LogP contribution in [0.4, 0.5) is 5.69 Å². The van der Waals surface area contributed by atoms with Gasteiger partial charge in [0, 0.05) is 33.8 Å². The van der Waals surface area contributed by atoms with Gasteiger partial charge in [-0.2, -0.15) is 0 Å². The summed E-state index contributed by atoms with van der Waals surface area (Å²) in [5.41, 5.74) is 6.34. The van der Waals surface area contributed by atoms with Crippen molar-refractivity contribution < 1.29 is 19.2 Å². The van der Waals surface area contributed by atoms with Crippen molar-refractivity contribution in [2.24, 2.45) is 17.6 Å². The summed E-state index contributed by atoms with van der Waals surface area (Å²) < 4.78 is 0. The van der Waals surface area contributed by atoms with Crippen LogP contribution in [0.1, 0.15) is 29.5 Å². The van der Waals surface area contributed by atoms with Gasteiger partial charge in [-0.25, -0.2) is 0 Å². The number of hydrogen-bond donors (Lipinski definition) is 3. The molecule has 2 saturated heterocycles. The molecule has 3 heterocycles. The van der Waals surface area contributed by atoms with E-state index in [0.29, 0.717) is 26.9 Å². The number of amides is 4. The maximum Gasteiger partial charge on any atom is 0.250 e. The molecule has 2 fully saturated rings. The largest absolute Gasteiger partial charge is 0.370 e. The topological polar surface area (TPSA) is 122 Å². The van der Waals surface area contributed by atoms with Gasteiger partial charge in [-0.15, -0.1) is 0 Å². The Hall–Kier alpha value is -2.94. The highest BCUT2D eigenvalue weighted by Crippen LogP contribution is 2.54. The zero-order valence-corrected chi connectivity index (χ0v) is 19.7. The van der Waals surface area contributed by atoms with Gasteiger partial charge >= 0.3 is 0 Å². The quantitative estimate of drug-likeness (QED) is 0.544. The number of primary amides is 1. The molecule has 4 N–H and O–H groups in total. The number of nitrogens with zero attached hydrogens (tertiary/aromatic N) is 1. The Bertz CT molecular complexity index is 1270. The molecule has 0 aromatic heterocycles. The molecule has 0 saturated carbocycles. The van der Waals surface area contributed by atoms with Crippen LogP contribution in [-0.4, -0.2) is 34.6 Å². The molecule has 4 amide bonds. The molecule has 0 unspecified atom stereocenters. The standard InChI is InChI=1S/C24H22Cl2N4O4/c1-11-8-13(25)9-14-20(11)28-23(34)24(14)19-18(16(29-24)6-7-17(27)31)21(32)30(22(19)33)10-12-4-2-3-5-15(12)26/h2-5,8-9,16,18-19,29H,6-7,10H2,1H3,(H2,27,31)(H,28,34)/t16-,18+,19-,24-/m0/s1. The normalized spacial score (nSPS) is 27.3. The molecule has 1 spiro atoms. The second-order valence-electron chi connectivity index (χ2n) is 9.02. The number of halogens is 2. The Morgan fingerprint density at radius 3 is 2.59 bits per heavy atom. The molecule has 8 nitrogen and oxygen atoms in total. The Morgan fingerprint density at radius 1 is 1.15 bits per heavy atom. The van der Waals surface area contributed by atoms with Crippen LogP contribution < -0.4 is 16.4 Å². The fourth-order valence-electron chi connectivity index (χ4n) is 5.59. The maximum absolute atomic E-state index is 13.8. The highest BCUT2D eigenvalue weighted by Gasteiger charge is 2.70. The molecule has 2 aromatic rings. The first-order chi connectivity index (χ1) is 16.1. The van der Waals surface area contributed by atoms with E-state index in [4.69, 9.17) is 28.9 Å². The van der Waals surface area contributed by atoms with Gasteiger partial charge in [0.1, 0.15) is 5.54 Å². The van der Waals surface area contributed by atoms with Gasteiger partial charge in [0.2, 0.25) is 23.6 Å². The van der Waals surface area contributed by atoms with Gasteiger partial charge in [0.15, 0.2) is 0 Å². The summed E-state index contributed by atoms with van der Waals surface area (Å²) in [6.07, 6.45) is 0.214. The Kier molecular flexibility index (Phi) is 5.42. The monoisotopic (exact) mass is 500 g/mol. The molecule has 0 bridgehead atoms. The minimum absolute atomic E-state index is 0.00595. The summed E-state index contributed by atoms with van der Waals surface area (Å²) in [6, 6.07) is 9.74. The molecule has 0 aliphatic carbocycles. The van der Waals surface area contributed by atoms with E-state index in [2.05, 4.69) is 10.6 Å². The molecule has 4 atom stereocenters. The molecule has 3 aliphatic heterocycles. The van der Waals surface area contributed by atoms with Gasteiger partial charge in [0.25, 0.3) is 0 Å². The first-order valence-corrected chi connectivity index (χ1v) is 11.7. The molecule has 176 valence electrons. The van der Waals surface area contributed by atoms with Crippen LogP contribution in [0, 0.1) is 18.8 Å². The minimum Gasteiger partial charge on any atom is -0.370 e. The van der Waals surface area contributed by atoms with E-state index in [0.717, 1.165) is 5.56 Å².